The predicted molar refractivity (Wildman–Crippen MR) is 90.8 cm³/mol. The summed E-state index contributed by atoms with van der Waals surface area (Å²) in [7, 11) is 0. The van der Waals surface area contributed by atoms with Crippen LogP contribution in [0.5, 0.6) is 0 Å². The van der Waals surface area contributed by atoms with E-state index in [0.717, 1.165) is 25.1 Å². The van der Waals surface area contributed by atoms with Crippen molar-refractivity contribution >= 4 is 22.6 Å². The number of halogens is 2. The van der Waals surface area contributed by atoms with Crippen LogP contribution in [0.4, 0.5) is 14.5 Å². The van der Waals surface area contributed by atoms with E-state index in [2.05, 4.69) is 0 Å². The smallest absolute Gasteiger partial charge is 0.341 e. The fourth-order valence-electron chi connectivity index (χ4n) is 3.60. The molecule has 2 aliphatic rings. The van der Waals surface area contributed by atoms with Crippen molar-refractivity contribution in [3.8, 4) is 0 Å². The van der Waals surface area contributed by atoms with Gasteiger partial charge in [0.25, 0.3) is 0 Å². The van der Waals surface area contributed by atoms with Gasteiger partial charge in [-0.05, 0) is 32.8 Å². The Hall–Kier alpha value is -2.48. The van der Waals surface area contributed by atoms with Crippen LogP contribution in [0.2, 0.25) is 0 Å². The second-order valence-electron chi connectivity index (χ2n) is 7.39. The minimum absolute atomic E-state index is 0.0639. The lowest BCUT2D eigenvalue weighted by atomic mass is 9.85. The number of pyridine rings is 1. The van der Waals surface area contributed by atoms with Gasteiger partial charge in [0, 0.05) is 18.8 Å². The average Bonchev–Trinajstić information content (AvgIpc) is 3.39. The van der Waals surface area contributed by atoms with Crippen molar-refractivity contribution in [3.63, 3.8) is 0 Å². The summed E-state index contributed by atoms with van der Waals surface area (Å²) in [5, 5.41) is 19.0. The zero-order valence-corrected chi connectivity index (χ0v) is 14.3. The Morgan fingerprint density at radius 2 is 2.00 bits per heavy atom. The zero-order valence-electron chi connectivity index (χ0n) is 14.3. The average molecular weight is 364 g/mol. The Kier molecular flexibility index (Phi) is 3.43. The number of hydrogen-bond donors (Lipinski definition) is 2. The van der Waals surface area contributed by atoms with Crippen LogP contribution in [0.15, 0.2) is 17.1 Å². The number of aliphatic hydroxyl groups is 1. The molecule has 0 radical (unpaired) electrons. The SMILES string of the molecule is C[C@@H]1N(c2c(F)cc3c(=O)c(C(=O)O)cn(C4CC4)c3c2F)C[C@@]1(C)O. The lowest BCUT2D eigenvalue weighted by molar-refractivity contribution is -0.00869. The number of aromatic carboxylic acids is 1. The maximum absolute atomic E-state index is 15.3. The maximum Gasteiger partial charge on any atom is 0.341 e. The normalized spacial score (nSPS) is 25.4. The van der Waals surface area contributed by atoms with Gasteiger partial charge in [0.05, 0.1) is 22.5 Å². The van der Waals surface area contributed by atoms with Crippen molar-refractivity contribution in [1.29, 1.82) is 0 Å². The molecule has 2 fully saturated rings. The van der Waals surface area contributed by atoms with Crippen LogP contribution in [0.1, 0.15) is 43.1 Å². The highest BCUT2D eigenvalue weighted by Gasteiger charge is 2.47. The van der Waals surface area contributed by atoms with Gasteiger partial charge < -0.3 is 19.7 Å². The number of nitrogens with zero attached hydrogens (tertiary/aromatic N) is 2. The summed E-state index contributed by atoms with van der Waals surface area (Å²) in [6.45, 7) is 3.31. The quantitative estimate of drug-likeness (QED) is 0.873. The Morgan fingerprint density at radius 1 is 1.35 bits per heavy atom. The van der Waals surface area contributed by atoms with Gasteiger partial charge in [-0.25, -0.2) is 13.6 Å². The summed E-state index contributed by atoms with van der Waals surface area (Å²) in [4.78, 5) is 25.2. The van der Waals surface area contributed by atoms with Gasteiger partial charge in [-0.1, -0.05) is 0 Å². The molecular formula is C18H18F2N2O4. The number of fused-ring (bicyclic) bond motifs is 1. The molecule has 0 spiro atoms. The molecule has 0 unspecified atom stereocenters. The lowest BCUT2D eigenvalue weighted by Crippen LogP contribution is -2.67. The van der Waals surface area contributed by atoms with Crippen molar-refractivity contribution in [2.24, 2.45) is 0 Å². The van der Waals surface area contributed by atoms with Crippen molar-refractivity contribution in [2.45, 2.75) is 44.4 Å². The van der Waals surface area contributed by atoms with Crippen molar-refractivity contribution < 1.29 is 23.8 Å². The van der Waals surface area contributed by atoms with Crippen LogP contribution in [0.3, 0.4) is 0 Å². The third-order valence-electron chi connectivity index (χ3n) is 5.50. The maximum atomic E-state index is 15.3. The van der Waals surface area contributed by atoms with E-state index in [1.54, 1.807) is 13.8 Å². The van der Waals surface area contributed by atoms with Gasteiger partial charge in [0.2, 0.25) is 5.43 Å². The van der Waals surface area contributed by atoms with Crippen molar-refractivity contribution in [2.75, 3.05) is 11.4 Å². The fraction of sp³-hybridized carbons (Fsp3) is 0.444. The number of carbonyl (C=O) groups is 1. The van der Waals surface area contributed by atoms with E-state index in [0.29, 0.717) is 0 Å². The molecule has 2 aromatic rings. The topological polar surface area (TPSA) is 82.8 Å². The summed E-state index contributed by atoms with van der Waals surface area (Å²) in [6, 6.07) is 0.297. The molecule has 138 valence electrons. The molecule has 26 heavy (non-hydrogen) atoms. The van der Waals surface area contributed by atoms with Gasteiger partial charge in [-0.2, -0.15) is 0 Å². The molecule has 1 aliphatic heterocycles. The number of carboxylic acid groups (broad SMARTS) is 1. The number of anilines is 1. The van der Waals surface area contributed by atoms with E-state index >= 15 is 4.39 Å². The molecular weight excluding hydrogens is 346 g/mol. The molecule has 2 N–H and O–H groups in total. The fourth-order valence-corrected chi connectivity index (χ4v) is 3.60. The molecule has 8 heteroatoms. The Morgan fingerprint density at radius 3 is 2.50 bits per heavy atom. The van der Waals surface area contributed by atoms with Crippen LogP contribution in [-0.2, 0) is 0 Å². The second-order valence-corrected chi connectivity index (χ2v) is 7.39. The molecule has 1 saturated carbocycles. The minimum Gasteiger partial charge on any atom is -0.477 e. The number of β-amino-alcohol motifs (C(OH)–C–C–N with tert-alkyl or cyclic N) is 1. The van der Waals surface area contributed by atoms with Crippen LogP contribution in [0, 0.1) is 11.6 Å². The zero-order chi connectivity index (χ0) is 19.0. The van der Waals surface area contributed by atoms with Crippen LogP contribution in [-0.4, -0.2) is 38.9 Å². The van der Waals surface area contributed by atoms with Gasteiger partial charge in [-0.3, -0.25) is 4.79 Å². The van der Waals surface area contributed by atoms with Crippen molar-refractivity contribution in [3.05, 3.63) is 39.7 Å². The standard InChI is InChI=1S/C18H18F2N2O4/c1-8-18(2,26)7-22(8)15-12(19)5-10-14(13(15)20)21(9-3-4-9)6-11(16(10)23)17(24)25/h5-6,8-9,26H,3-4,7H2,1-2H3,(H,24,25)/t8-,18+/m0/s1. The van der Waals surface area contributed by atoms with E-state index in [1.807, 2.05) is 0 Å². The van der Waals surface area contributed by atoms with Crippen molar-refractivity contribution in [1.82, 2.24) is 4.57 Å². The Labute approximate surface area is 147 Å². The van der Waals surface area contributed by atoms with Gasteiger partial charge in [0.1, 0.15) is 17.1 Å². The molecule has 1 saturated heterocycles. The molecule has 2 heterocycles. The third kappa shape index (κ3) is 2.25. The third-order valence-corrected chi connectivity index (χ3v) is 5.50. The highest BCUT2D eigenvalue weighted by Crippen LogP contribution is 2.42. The summed E-state index contributed by atoms with van der Waals surface area (Å²) < 4.78 is 31.4. The number of carboxylic acids is 1. The molecule has 6 nitrogen and oxygen atoms in total. The first kappa shape index (κ1) is 17.0. The van der Waals surface area contributed by atoms with Gasteiger partial charge in [0.15, 0.2) is 5.82 Å². The summed E-state index contributed by atoms with van der Waals surface area (Å²) in [5.74, 6) is -3.27. The predicted octanol–water partition coefficient (Wildman–Crippen LogP) is 2.27. The Balaban J connectivity index is 2.01. The van der Waals surface area contributed by atoms with E-state index in [4.69, 9.17) is 0 Å². The molecule has 0 amide bonds. The first-order valence-corrected chi connectivity index (χ1v) is 8.42. The van der Waals surface area contributed by atoms with E-state index in [1.165, 1.54) is 9.47 Å². The van der Waals surface area contributed by atoms with Crippen LogP contribution >= 0.6 is 0 Å². The number of rotatable bonds is 3. The highest BCUT2D eigenvalue weighted by atomic mass is 19.1. The molecule has 1 aromatic heterocycles. The number of hydrogen-bond acceptors (Lipinski definition) is 4. The largest absolute Gasteiger partial charge is 0.477 e. The van der Waals surface area contributed by atoms with Gasteiger partial charge >= 0.3 is 5.97 Å². The summed E-state index contributed by atoms with van der Waals surface area (Å²) in [6.07, 6.45) is 2.61. The molecule has 1 aromatic carbocycles. The van der Waals surface area contributed by atoms with E-state index in [9.17, 15) is 24.2 Å². The van der Waals surface area contributed by atoms with E-state index in [-0.39, 0.29) is 29.2 Å². The first-order chi connectivity index (χ1) is 12.1. The summed E-state index contributed by atoms with van der Waals surface area (Å²) in [5.41, 5.74) is -2.85. The molecule has 0 bridgehead atoms. The first-order valence-electron chi connectivity index (χ1n) is 8.42. The Bertz CT molecular complexity index is 1010. The lowest BCUT2D eigenvalue weighted by Gasteiger charge is -2.52. The highest BCUT2D eigenvalue weighted by molar-refractivity contribution is 5.94. The molecule has 1 aliphatic carbocycles. The number of benzene rings is 1. The second kappa shape index (κ2) is 5.26. The summed E-state index contributed by atoms with van der Waals surface area (Å²) >= 11 is 0. The van der Waals surface area contributed by atoms with Crippen LogP contribution in [0.25, 0.3) is 10.9 Å². The van der Waals surface area contributed by atoms with Crippen LogP contribution < -0.4 is 10.3 Å². The number of aromatic nitrogens is 1. The monoisotopic (exact) mass is 364 g/mol. The van der Waals surface area contributed by atoms with Gasteiger partial charge in [-0.15, -0.1) is 0 Å². The van der Waals surface area contributed by atoms with E-state index < -0.39 is 40.2 Å². The molecule has 4 rings (SSSR count). The molecule has 2 atom stereocenters. The minimum atomic E-state index is -1.43.